The third kappa shape index (κ3) is 10.7. The van der Waals surface area contributed by atoms with Crippen molar-refractivity contribution in [2.24, 2.45) is 11.7 Å². The topological polar surface area (TPSA) is 151 Å². The second-order valence-electron chi connectivity index (χ2n) is 12.4. The zero-order valence-corrected chi connectivity index (χ0v) is 27.3. The molecule has 0 aliphatic carbocycles. The molecule has 1 fully saturated rings. The number of ether oxygens (including phenoxy) is 1. The quantitative estimate of drug-likeness (QED) is 0.288. The van der Waals surface area contributed by atoms with Gasteiger partial charge >= 0.3 is 6.09 Å². The Morgan fingerprint density at radius 1 is 1.11 bits per heavy atom. The fourth-order valence-electron chi connectivity index (χ4n) is 5.29. The molecule has 12 heteroatoms. The van der Waals surface area contributed by atoms with Gasteiger partial charge in [-0.1, -0.05) is 43.7 Å². The molecule has 0 unspecified atom stereocenters. The highest BCUT2D eigenvalue weighted by Crippen LogP contribution is 2.22. The number of unbranched alkanes of at least 4 members (excludes halogenated alkanes) is 1. The van der Waals surface area contributed by atoms with E-state index >= 15 is 0 Å². The van der Waals surface area contributed by atoms with Crippen molar-refractivity contribution >= 4 is 38.7 Å². The van der Waals surface area contributed by atoms with E-state index < -0.39 is 33.5 Å². The second-order valence-corrected chi connectivity index (χ2v) is 14.1. The van der Waals surface area contributed by atoms with Crippen LogP contribution in [0.3, 0.4) is 0 Å². The normalized spacial score (nSPS) is 16.4. The lowest BCUT2D eigenvalue weighted by atomic mass is 9.95. The van der Waals surface area contributed by atoms with Gasteiger partial charge in [-0.25, -0.2) is 13.2 Å². The Hall–Kier alpha value is -3.22. The number of likely N-dealkylation sites (tertiary alicyclic amines) is 1. The number of piperidine rings is 1. The van der Waals surface area contributed by atoms with Crippen molar-refractivity contribution in [3.8, 4) is 0 Å². The predicted molar refractivity (Wildman–Crippen MR) is 171 cm³/mol. The number of amides is 3. The molecule has 244 valence electrons. The molecule has 11 nitrogen and oxygen atoms in total. The lowest BCUT2D eigenvalue weighted by Gasteiger charge is -2.34. The van der Waals surface area contributed by atoms with Crippen molar-refractivity contribution in [2.45, 2.75) is 82.8 Å². The molecule has 1 aliphatic rings. The summed E-state index contributed by atoms with van der Waals surface area (Å²) in [6, 6.07) is 10.9. The molecule has 4 N–H and O–H groups in total. The minimum atomic E-state index is -4.13. The number of fused-ring (bicyclic) bond motifs is 1. The number of nitrogens with two attached hydrogens (primary N) is 1. The van der Waals surface area contributed by atoms with Gasteiger partial charge < -0.3 is 25.6 Å². The van der Waals surface area contributed by atoms with Gasteiger partial charge in [0.25, 0.3) is 0 Å². The molecule has 44 heavy (non-hydrogen) atoms. The second kappa shape index (κ2) is 16.2. The Labute approximate surface area is 261 Å². The third-order valence-corrected chi connectivity index (χ3v) is 9.02. The maximum absolute atomic E-state index is 13.6. The predicted octanol–water partition coefficient (Wildman–Crippen LogP) is 3.62. The summed E-state index contributed by atoms with van der Waals surface area (Å²) in [5, 5.41) is 4.49. The van der Waals surface area contributed by atoms with Crippen molar-refractivity contribution in [2.75, 3.05) is 39.3 Å². The van der Waals surface area contributed by atoms with Crippen molar-refractivity contribution in [3.05, 3.63) is 42.5 Å². The molecule has 0 saturated carbocycles. The number of hydrogen-bond acceptors (Lipinski definition) is 7. The number of rotatable bonds is 14. The van der Waals surface area contributed by atoms with Crippen LogP contribution in [0.4, 0.5) is 4.79 Å². The summed E-state index contributed by atoms with van der Waals surface area (Å²) in [6.45, 7) is 9.90. The molecule has 1 saturated heterocycles. The summed E-state index contributed by atoms with van der Waals surface area (Å²) in [5.74, 6) is -0.731. The van der Waals surface area contributed by atoms with Crippen molar-refractivity contribution in [1.82, 2.24) is 19.8 Å². The fourth-order valence-corrected chi connectivity index (χ4v) is 6.52. The minimum Gasteiger partial charge on any atom is -0.444 e. The van der Waals surface area contributed by atoms with Gasteiger partial charge in [-0.2, -0.15) is 4.72 Å². The highest BCUT2D eigenvalue weighted by Gasteiger charge is 2.32. The average Bonchev–Trinajstić information content (AvgIpc) is 2.97. The lowest BCUT2D eigenvalue weighted by molar-refractivity contribution is -0.135. The standard InChI is InChI=1S/C32H49N5O6S/c1-5-6-18-36(20-16-33)30(39)28(35-44(41,42)27-14-13-25-11-7-8-12-26(25)21-27)22-29(38)34-17-15-24-10-9-19-37(23-24)31(40)43-32(2,3)4/h7-8,11-14,21,24,28,35H,5-6,9-10,15-20,22-23,33H2,1-4H3,(H,34,38)/t24-,28-/m0/s1. The summed E-state index contributed by atoms with van der Waals surface area (Å²) in [7, 11) is -4.13. The third-order valence-electron chi connectivity index (χ3n) is 7.55. The van der Waals surface area contributed by atoms with E-state index in [1.165, 1.54) is 11.0 Å². The van der Waals surface area contributed by atoms with Crippen molar-refractivity contribution in [3.63, 3.8) is 0 Å². The van der Waals surface area contributed by atoms with Crippen LogP contribution in [0.15, 0.2) is 47.4 Å². The summed E-state index contributed by atoms with van der Waals surface area (Å²) >= 11 is 0. The number of nitrogens with one attached hydrogen (secondary N) is 2. The van der Waals surface area contributed by atoms with Crippen molar-refractivity contribution in [1.29, 1.82) is 0 Å². The zero-order valence-electron chi connectivity index (χ0n) is 26.5. The lowest BCUT2D eigenvalue weighted by Crippen LogP contribution is -2.51. The van der Waals surface area contributed by atoms with E-state index in [1.807, 2.05) is 52.0 Å². The first kappa shape index (κ1) is 35.3. The first-order chi connectivity index (χ1) is 20.8. The molecule has 1 heterocycles. The van der Waals surface area contributed by atoms with E-state index in [2.05, 4.69) is 10.0 Å². The number of carbonyl (C=O) groups excluding carboxylic acids is 3. The first-order valence-corrected chi connectivity index (χ1v) is 17.1. The molecule has 3 rings (SSSR count). The largest absolute Gasteiger partial charge is 0.444 e. The Morgan fingerprint density at radius 2 is 1.84 bits per heavy atom. The molecule has 2 aromatic carbocycles. The van der Waals surface area contributed by atoms with E-state index in [1.54, 1.807) is 17.0 Å². The Balaban J connectivity index is 1.68. The SMILES string of the molecule is CCCCN(CCN)C(=O)[C@H](CC(=O)NCC[C@@H]1CCCN(C(=O)OC(C)(C)C)C1)NS(=O)(=O)c1ccc2ccccc2c1. The molecule has 0 spiro atoms. The van der Waals surface area contributed by atoms with E-state index in [0.29, 0.717) is 32.6 Å². The van der Waals surface area contributed by atoms with Gasteiger partial charge in [0.05, 0.1) is 11.3 Å². The number of hydrogen-bond donors (Lipinski definition) is 3. The summed E-state index contributed by atoms with van der Waals surface area (Å²) in [4.78, 5) is 42.5. The summed E-state index contributed by atoms with van der Waals surface area (Å²) < 4.78 is 35.0. The monoisotopic (exact) mass is 631 g/mol. The minimum absolute atomic E-state index is 0.0141. The van der Waals surface area contributed by atoms with Gasteiger partial charge in [0.2, 0.25) is 21.8 Å². The van der Waals surface area contributed by atoms with Gasteiger partial charge in [-0.05, 0) is 75.3 Å². The van der Waals surface area contributed by atoms with Crippen LogP contribution in [0, 0.1) is 5.92 Å². The number of carbonyl (C=O) groups is 3. The molecular weight excluding hydrogens is 582 g/mol. The molecule has 2 atom stereocenters. The number of benzene rings is 2. The molecule has 0 radical (unpaired) electrons. The molecule has 0 bridgehead atoms. The van der Waals surface area contributed by atoms with Gasteiger partial charge in [0, 0.05) is 39.3 Å². The highest BCUT2D eigenvalue weighted by molar-refractivity contribution is 7.89. The van der Waals surface area contributed by atoms with Crippen LogP contribution >= 0.6 is 0 Å². The van der Waals surface area contributed by atoms with Crippen LogP contribution in [0.2, 0.25) is 0 Å². The Kier molecular flexibility index (Phi) is 13.0. The summed E-state index contributed by atoms with van der Waals surface area (Å²) in [6.07, 6.45) is 3.29. The molecule has 0 aromatic heterocycles. The van der Waals surface area contributed by atoms with E-state index in [9.17, 15) is 22.8 Å². The molecule has 3 amide bonds. The smallest absolute Gasteiger partial charge is 0.410 e. The van der Waals surface area contributed by atoms with Crippen LogP contribution in [0.1, 0.15) is 66.2 Å². The van der Waals surface area contributed by atoms with Gasteiger partial charge in [-0.15, -0.1) is 0 Å². The molecule has 1 aliphatic heterocycles. The van der Waals surface area contributed by atoms with Gasteiger partial charge in [0.15, 0.2) is 0 Å². The maximum Gasteiger partial charge on any atom is 0.410 e. The van der Waals surface area contributed by atoms with Crippen LogP contribution in [-0.4, -0.2) is 87.0 Å². The van der Waals surface area contributed by atoms with Gasteiger partial charge in [-0.3, -0.25) is 9.59 Å². The average molecular weight is 632 g/mol. The van der Waals surface area contributed by atoms with Crippen LogP contribution in [-0.2, 0) is 24.3 Å². The number of sulfonamides is 1. The Bertz CT molecular complexity index is 1380. The van der Waals surface area contributed by atoms with Crippen molar-refractivity contribution < 1.29 is 27.5 Å². The van der Waals surface area contributed by atoms with Crippen LogP contribution < -0.4 is 15.8 Å². The number of nitrogens with zero attached hydrogens (tertiary/aromatic N) is 2. The van der Waals surface area contributed by atoms with Crippen LogP contribution in [0.25, 0.3) is 10.8 Å². The highest BCUT2D eigenvalue weighted by atomic mass is 32.2. The fraction of sp³-hybridized carbons (Fsp3) is 0.594. The molecular formula is C32H49N5O6S. The van der Waals surface area contributed by atoms with E-state index in [4.69, 9.17) is 10.5 Å². The van der Waals surface area contributed by atoms with Crippen LogP contribution in [0.5, 0.6) is 0 Å². The van der Waals surface area contributed by atoms with E-state index in [0.717, 1.165) is 36.5 Å². The Morgan fingerprint density at radius 3 is 2.52 bits per heavy atom. The van der Waals surface area contributed by atoms with Gasteiger partial charge in [0.1, 0.15) is 11.6 Å². The first-order valence-electron chi connectivity index (χ1n) is 15.6. The zero-order chi connectivity index (χ0) is 32.3. The maximum atomic E-state index is 13.6. The van der Waals surface area contributed by atoms with E-state index in [-0.39, 0.29) is 36.4 Å². The molecule has 2 aromatic rings. The summed E-state index contributed by atoms with van der Waals surface area (Å²) in [5.41, 5.74) is 5.19.